The first-order chi connectivity index (χ1) is 10.3. The number of rotatable bonds is 2. The molecule has 2 heterocycles. The average Bonchev–Trinajstić information content (AvgIpc) is 3.11. The number of nitrogens with zero attached hydrogens (tertiary/aromatic N) is 2. The molecule has 2 aromatic heterocycles. The van der Waals surface area contributed by atoms with Gasteiger partial charge >= 0.3 is 0 Å². The Morgan fingerprint density at radius 2 is 2.00 bits per heavy atom. The van der Waals surface area contributed by atoms with Crippen LogP contribution in [0.25, 0.3) is 16.9 Å². The van der Waals surface area contributed by atoms with Gasteiger partial charge in [-0.3, -0.25) is 4.79 Å². The van der Waals surface area contributed by atoms with E-state index in [4.69, 9.17) is 4.98 Å². The maximum Gasteiger partial charge on any atom is 0.151 e. The van der Waals surface area contributed by atoms with Crippen LogP contribution >= 0.6 is 0 Å². The van der Waals surface area contributed by atoms with Crippen molar-refractivity contribution < 1.29 is 4.79 Å². The smallest absolute Gasteiger partial charge is 0.151 e. The van der Waals surface area contributed by atoms with Crippen molar-refractivity contribution >= 4 is 11.9 Å². The fourth-order valence-corrected chi connectivity index (χ4v) is 3.24. The van der Waals surface area contributed by atoms with Gasteiger partial charge in [0.15, 0.2) is 6.29 Å². The normalized spacial score (nSPS) is 13.6. The summed E-state index contributed by atoms with van der Waals surface area (Å²) >= 11 is 0. The van der Waals surface area contributed by atoms with Crippen molar-refractivity contribution in [2.24, 2.45) is 0 Å². The van der Waals surface area contributed by atoms with Gasteiger partial charge in [0.2, 0.25) is 0 Å². The second-order valence-corrected chi connectivity index (χ2v) is 5.69. The molecule has 0 amide bonds. The van der Waals surface area contributed by atoms with Crippen LogP contribution in [0, 0.1) is 6.92 Å². The third-order valence-electron chi connectivity index (χ3n) is 4.39. The summed E-state index contributed by atoms with van der Waals surface area (Å²) in [6, 6.07) is 10.4. The maximum atomic E-state index is 10.9. The minimum absolute atomic E-state index is 0.670. The van der Waals surface area contributed by atoms with Gasteiger partial charge in [0.1, 0.15) is 5.65 Å². The number of aromatic nitrogens is 2. The Labute approximate surface area is 123 Å². The molecule has 1 aliphatic carbocycles. The highest BCUT2D eigenvalue weighted by molar-refractivity contribution is 5.76. The standard InChI is InChI=1S/C18H16N2O/c1-12-18(16-7-6-14-3-2-4-15(14)9-16)19-17-8-5-13(11-21)10-20(12)17/h5-11H,2-4H2,1H3. The Kier molecular flexibility index (Phi) is 2.67. The summed E-state index contributed by atoms with van der Waals surface area (Å²) in [5.41, 5.74) is 7.74. The van der Waals surface area contributed by atoms with E-state index in [1.165, 1.54) is 36.0 Å². The van der Waals surface area contributed by atoms with E-state index in [9.17, 15) is 4.79 Å². The number of hydrogen-bond acceptors (Lipinski definition) is 2. The van der Waals surface area contributed by atoms with Crippen LogP contribution < -0.4 is 0 Å². The molecular weight excluding hydrogens is 260 g/mol. The number of pyridine rings is 1. The Morgan fingerprint density at radius 3 is 2.86 bits per heavy atom. The molecule has 3 heteroatoms. The zero-order valence-electron chi connectivity index (χ0n) is 12.0. The summed E-state index contributed by atoms with van der Waals surface area (Å²) in [5, 5.41) is 0. The summed E-state index contributed by atoms with van der Waals surface area (Å²) in [7, 11) is 0. The molecule has 0 radical (unpaired) electrons. The summed E-state index contributed by atoms with van der Waals surface area (Å²) < 4.78 is 1.99. The molecule has 3 aromatic rings. The molecule has 0 atom stereocenters. The summed E-state index contributed by atoms with van der Waals surface area (Å²) in [4.78, 5) is 15.7. The largest absolute Gasteiger partial charge is 0.303 e. The van der Waals surface area contributed by atoms with Crippen LogP contribution in [0.4, 0.5) is 0 Å². The molecular formula is C18H16N2O. The number of fused-ring (bicyclic) bond motifs is 2. The molecule has 0 unspecified atom stereocenters. The molecule has 21 heavy (non-hydrogen) atoms. The lowest BCUT2D eigenvalue weighted by molar-refractivity contribution is 0.112. The number of benzene rings is 1. The predicted octanol–water partition coefficient (Wildman–Crippen LogP) is 3.61. The van der Waals surface area contributed by atoms with Crippen LogP contribution in [0.1, 0.15) is 33.6 Å². The van der Waals surface area contributed by atoms with Crippen LogP contribution in [0.5, 0.6) is 0 Å². The monoisotopic (exact) mass is 276 g/mol. The van der Waals surface area contributed by atoms with Crippen molar-refractivity contribution in [3.05, 3.63) is 58.9 Å². The Hall–Kier alpha value is -2.42. The Bertz CT molecular complexity index is 861. The number of imidazole rings is 1. The quantitative estimate of drug-likeness (QED) is 0.670. The van der Waals surface area contributed by atoms with Crippen LogP contribution in [0.15, 0.2) is 36.5 Å². The summed E-state index contributed by atoms with van der Waals surface area (Å²) in [6.07, 6.45) is 6.34. The van der Waals surface area contributed by atoms with Gasteiger partial charge in [-0.05, 0) is 55.5 Å². The number of carbonyl (C=O) groups excluding carboxylic acids is 1. The first-order valence-electron chi connectivity index (χ1n) is 7.32. The lowest BCUT2D eigenvalue weighted by Crippen LogP contribution is -1.91. The van der Waals surface area contributed by atoms with E-state index < -0.39 is 0 Å². The van der Waals surface area contributed by atoms with Crippen molar-refractivity contribution in [3.8, 4) is 11.3 Å². The van der Waals surface area contributed by atoms with Gasteiger partial charge < -0.3 is 4.40 Å². The first-order valence-corrected chi connectivity index (χ1v) is 7.32. The van der Waals surface area contributed by atoms with Gasteiger partial charge in [-0.15, -0.1) is 0 Å². The van der Waals surface area contributed by atoms with Crippen molar-refractivity contribution in [3.63, 3.8) is 0 Å². The highest BCUT2D eigenvalue weighted by Gasteiger charge is 2.15. The molecule has 0 saturated heterocycles. The van der Waals surface area contributed by atoms with E-state index in [2.05, 4.69) is 25.1 Å². The van der Waals surface area contributed by atoms with Crippen LogP contribution in [0.2, 0.25) is 0 Å². The van der Waals surface area contributed by atoms with E-state index in [0.29, 0.717) is 5.56 Å². The molecule has 0 fully saturated rings. The summed E-state index contributed by atoms with van der Waals surface area (Å²) in [5.74, 6) is 0. The predicted molar refractivity (Wildman–Crippen MR) is 82.8 cm³/mol. The zero-order chi connectivity index (χ0) is 14.4. The molecule has 0 N–H and O–H groups in total. The molecule has 3 nitrogen and oxygen atoms in total. The molecule has 1 aliphatic rings. The van der Waals surface area contributed by atoms with Gasteiger partial charge in [-0.25, -0.2) is 4.98 Å². The minimum Gasteiger partial charge on any atom is -0.303 e. The molecule has 1 aromatic carbocycles. The van der Waals surface area contributed by atoms with Crippen molar-refractivity contribution in [2.45, 2.75) is 26.2 Å². The van der Waals surface area contributed by atoms with Crippen LogP contribution in [0.3, 0.4) is 0 Å². The van der Waals surface area contributed by atoms with E-state index in [0.717, 1.165) is 23.3 Å². The van der Waals surface area contributed by atoms with E-state index in [1.807, 2.05) is 16.7 Å². The molecule has 4 rings (SSSR count). The SMILES string of the molecule is Cc1c(-c2ccc3c(c2)CCC3)nc2ccc(C=O)cn12. The van der Waals surface area contributed by atoms with Gasteiger partial charge in [-0.1, -0.05) is 12.1 Å². The van der Waals surface area contributed by atoms with E-state index in [1.54, 1.807) is 6.07 Å². The fraction of sp³-hybridized carbons (Fsp3) is 0.222. The lowest BCUT2D eigenvalue weighted by atomic mass is 10.0. The molecule has 0 saturated carbocycles. The zero-order valence-corrected chi connectivity index (χ0v) is 12.0. The highest BCUT2D eigenvalue weighted by atomic mass is 16.1. The fourth-order valence-electron chi connectivity index (χ4n) is 3.24. The van der Waals surface area contributed by atoms with Crippen LogP contribution in [-0.2, 0) is 12.8 Å². The number of hydrogen-bond donors (Lipinski definition) is 0. The number of carbonyl (C=O) groups is 1. The molecule has 0 aliphatic heterocycles. The third-order valence-corrected chi connectivity index (χ3v) is 4.39. The molecule has 104 valence electrons. The van der Waals surface area contributed by atoms with Gasteiger partial charge in [0, 0.05) is 23.0 Å². The average molecular weight is 276 g/mol. The molecule has 0 bridgehead atoms. The Balaban J connectivity index is 1.90. The van der Waals surface area contributed by atoms with E-state index in [-0.39, 0.29) is 0 Å². The van der Waals surface area contributed by atoms with Crippen LogP contribution in [-0.4, -0.2) is 15.7 Å². The van der Waals surface area contributed by atoms with E-state index >= 15 is 0 Å². The second kappa shape index (κ2) is 4.55. The van der Waals surface area contributed by atoms with Gasteiger partial charge in [0.25, 0.3) is 0 Å². The number of aldehydes is 1. The lowest BCUT2D eigenvalue weighted by Gasteiger charge is -2.04. The topological polar surface area (TPSA) is 34.4 Å². The van der Waals surface area contributed by atoms with Gasteiger partial charge in [-0.2, -0.15) is 0 Å². The third kappa shape index (κ3) is 1.88. The Morgan fingerprint density at radius 1 is 1.14 bits per heavy atom. The van der Waals surface area contributed by atoms with Crippen molar-refractivity contribution in [2.75, 3.05) is 0 Å². The highest BCUT2D eigenvalue weighted by Crippen LogP contribution is 2.29. The number of aryl methyl sites for hydroxylation is 3. The summed E-state index contributed by atoms with van der Waals surface area (Å²) in [6.45, 7) is 2.05. The van der Waals surface area contributed by atoms with Gasteiger partial charge in [0.05, 0.1) is 5.69 Å². The molecule has 0 spiro atoms. The van der Waals surface area contributed by atoms with Crippen molar-refractivity contribution in [1.82, 2.24) is 9.38 Å². The van der Waals surface area contributed by atoms with Crippen molar-refractivity contribution in [1.29, 1.82) is 0 Å². The first kappa shape index (κ1) is 12.3. The minimum atomic E-state index is 0.670. The maximum absolute atomic E-state index is 10.9. The second-order valence-electron chi connectivity index (χ2n) is 5.69.